The number of ether oxygens (including phenoxy) is 1. The Bertz CT molecular complexity index is 791. The lowest BCUT2D eigenvalue weighted by Crippen LogP contribution is -2.24. The maximum absolute atomic E-state index is 5.81. The van der Waals surface area contributed by atoms with Crippen LogP contribution in [0.4, 0.5) is 0 Å². The summed E-state index contributed by atoms with van der Waals surface area (Å²) >= 11 is 0. The van der Waals surface area contributed by atoms with E-state index >= 15 is 0 Å². The molecule has 0 saturated carbocycles. The Balaban J connectivity index is 1.54. The fourth-order valence-electron chi connectivity index (χ4n) is 3.17. The van der Waals surface area contributed by atoms with E-state index in [1.807, 2.05) is 23.1 Å². The van der Waals surface area contributed by atoms with Crippen LogP contribution < -0.4 is 0 Å². The van der Waals surface area contributed by atoms with Crippen LogP contribution in [0.2, 0.25) is 0 Å². The summed E-state index contributed by atoms with van der Waals surface area (Å²) in [6, 6.07) is 14.6. The lowest BCUT2D eigenvalue weighted by atomic mass is 10.0. The highest BCUT2D eigenvalue weighted by molar-refractivity contribution is 5.70. The maximum Gasteiger partial charge on any atom is 0.0923 e. The smallest absolute Gasteiger partial charge is 0.0923 e. The summed E-state index contributed by atoms with van der Waals surface area (Å²) in [7, 11) is 0. The zero-order chi connectivity index (χ0) is 16.2. The summed E-state index contributed by atoms with van der Waals surface area (Å²) in [6.45, 7) is 1.72. The molecule has 1 saturated heterocycles. The number of nitrogens with zero attached hydrogens (tertiary/aromatic N) is 3. The predicted molar refractivity (Wildman–Crippen MR) is 94.5 cm³/mol. The molecule has 1 aliphatic heterocycles. The highest BCUT2D eigenvalue weighted by atomic mass is 16.5. The van der Waals surface area contributed by atoms with E-state index in [1.54, 1.807) is 6.20 Å². The van der Waals surface area contributed by atoms with Crippen molar-refractivity contribution in [2.24, 2.45) is 0 Å². The van der Waals surface area contributed by atoms with Crippen LogP contribution in [0.15, 0.2) is 61.1 Å². The molecule has 3 heterocycles. The van der Waals surface area contributed by atoms with Gasteiger partial charge in [0.05, 0.1) is 18.3 Å². The minimum atomic E-state index is 0.299. The van der Waals surface area contributed by atoms with E-state index < -0.39 is 0 Å². The van der Waals surface area contributed by atoms with Crippen molar-refractivity contribution in [3.63, 3.8) is 0 Å². The molecular weight excluding hydrogens is 298 g/mol. The fourth-order valence-corrected chi connectivity index (χ4v) is 3.17. The van der Waals surface area contributed by atoms with Crippen LogP contribution in [-0.4, -0.2) is 27.5 Å². The third kappa shape index (κ3) is 3.39. The summed E-state index contributed by atoms with van der Waals surface area (Å²) in [5, 5.41) is 4.73. The first-order valence-electron chi connectivity index (χ1n) is 8.54. The molecule has 122 valence electrons. The van der Waals surface area contributed by atoms with Gasteiger partial charge in [-0.25, -0.2) is 0 Å². The van der Waals surface area contributed by atoms with Gasteiger partial charge < -0.3 is 4.74 Å². The van der Waals surface area contributed by atoms with Gasteiger partial charge in [-0.05, 0) is 43.0 Å². The molecule has 1 atom stereocenters. The molecule has 0 spiro atoms. The first kappa shape index (κ1) is 15.1. The van der Waals surface area contributed by atoms with Crippen molar-refractivity contribution in [3.8, 4) is 22.4 Å². The summed E-state index contributed by atoms with van der Waals surface area (Å²) in [6.07, 6.45) is 9.60. The molecule has 1 aliphatic rings. The Morgan fingerprint density at radius 2 is 1.96 bits per heavy atom. The minimum absolute atomic E-state index is 0.299. The number of benzene rings is 1. The first-order valence-corrected chi connectivity index (χ1v) is 8.54. The molecule has 0 unspecified atom stereocenters. The van der Waals surface area contributed by atoms with Crippen LogP contribution in [0.1, 0.15) is 19.3 Å². The van der Waals surface area contributed by atoms with Crippen LogP contribution in [0.25, 0.3) is 22.4 Å². The van der Waals surface area contributed by atoms with Crippen molar-refractivity contribution in [1.29, 1.82) is 0 Å². The first-order chi connectivity index (χ1) is 11.9. The van der Waals surface area contributed by atoms with E-state index in [-0.39, 0.29) is 0 Å². The van der Waals surface area contributed by atoms with Crippen LogP contribution >= 0.6 is 0 Å². The van der Waals surface area contributed by atoms with Crippen molar-refractivity contribution < 1.29 is 4.74 Å². The quantitative estimate of drug-likeness (QED) is 0.724. The van der Waals surface area contributed by atoms with E-state index in [9.17, 15) is 0 Å². The van der Waals surface area contributed by atoms with Gasteiger partial charge in [0.1, 0.15) is 0 Å². The van der Waals surface area contributed by atoms with E-state index in [0.29, 0.717) is 6.10 Å². The van der Waals surface area contributed by atoms with Crippen molar-refractivity contribution >= 4 is 0 Å². The number of aromatic nitrogens is 3. The van der Waals surface area contributed by atoms with Crippen LogP contribution in [0, 0.1) is 0 Å². The fraction of sp³-hybridized carbons (Fsp3) is 0.300. The second-order valence-electron chi connectivity index (χ2n) is 6.23. The molecule has 4 rings (SSSR count). The van der Waals surface area contributed by atoms with Crippen LogP contribution in [0.5, 0.6) is 0 Å². The van der Waals surface area contributed by atoms with Gasteiger partial charge in [-0.3, -0.25) is 9.67 Å². The zero-order valence-corrected chi connectivity index (χ0v) is 13.6. The van der Waals surface area contributed by atoms with Gasteiger partial charge in [-0.2, -0.15) is 5.10 Å². The lowest BCUT2D eigenvalue weighted by molar-refractivity contribution is 0.00403. The van der Waals surface area contributed by atoms with E-state index in [2.05, 4.69) is 41.4 Å². The number of rotatable bonds is 4. The molecule has 24 heavy (non-hydrogen) atoms. The lowest BCUT2D eigenvalue weighted by Gasteiger charge is -2.22. The Morgan fingerprint density at radius 1 is 1.04 bits per heavy atom. The summed E-state index contributed by atoms with van der Waals surface area (Å²) < 4.78 is 7.81. The highest BCUT2D eigenvalue weighted by Crippen LogP contribution is 2.25. The molecule has 0 radical (unpaired) electrons. The molecular formula is C20H21N3O. The van der Waals surface area contributed by atoms with E-state index in [0.717, 1.165) is 42.0 Å². The van der Waals surface area contributed by atoms with Gasteiger partial charge >= 0.3 is 0 Å². The molecule has 0 amide bonds. The standard InChI is InChI=1S/C20H21N3O/c1-2-12-24-19(8-1)15-23-11-9-20(22-23)17-6-3-5-16(13-17)18-7-4-10-21-14-18/h3-7,9-11,13-14,19H,1-2,8,12,15H2/t19-/m0/s1. The molecule has 4 nitrogen and oxygen atoms in total. The molecule has 1 fully saturated rings. The predicted octanol–water partition coefficient (Wildman–Crippen LogP) is 4.18. The third-order valence-electron chi connectivity index (χ3n) is 4.46. The normalized spacial score (nSPS) is 17.8. The van der Waals surface area contributed by atoms with Crippen molar-refractivity contribution in [3.05, 3.63) is 61.1 Å². The summed E-state index contributed by atoms with van der Waals surface area (Å²) in [5.41, 5.74) is 4.40. The number of pyridine rings is 1. The van der Waals surface area contributed by atoms with E-state index in [1.165, 1.54) is 12.8 Å². The number of hydrogen-bond acceptors (Lipinski definition) is 3. The van der Waals surface area contributed by atoms with Gasteiger partial charge in [0.2, 0.25) is 0 Å². The molecule has 1 aromatic carbocycles. The van der Waals surface area contributed by atoms with Gasteiger partial charge in [0.25, 0.3) is 0 Å². The molecule has 2 aromatic heterocycles. The number of hydrogen-bond donors (Lipinski definition) is 0. The van der Waals surface area contributed by atoms with E-state index in [4.69, 9.17) is 9.84 Å². The van der Waals surface area contributed by atoms with Gasteiger partial charge in [0.15, 0.2) is 0 Å². The Morgan fingerprint density at radius 3 is 2.79 bits per heavy atom. The van der Waals surface area contributed by atoms with Gasteiger partial charge in [0, 0.05) is 36.3 Å². The van der Waals surface area contributed by atoms with Crippen molar-refractivity contribution in [2.75, 3.05) is 6.61 Å². The molecule has 0 bridgehead atoms. The second kappa shape index (κ2) is 6.97. The monoisotopic (exact) mass is 319 g/mol. The van der Waals surface area contributed by atoms with Crippen molar-refractivity contribution in [2.45, 2.75) is 31.9 Å². The Labute approximate surface area is 142 Å². The average molecular weight is 319 g/mol. The topological polar surface area (TPSA) is 39.9 Å². The molecule has 0 aliphatic carbocycles. The second-order valence-corrected chi connectivity index (χ2v) is 6.23. The maximum atomic E-state index is 5.81. The van der Waals surface area contributed by atoms with Gasteiger partial charge in [-0.15, -0.1) is 0 Å². The Hall–Kier alpha value is -2.46. The molecule has 4 heteroatoms. The Kier molecular flexibility index (Phi) is 4.38. The summed E-state index contributed by atoms with van der Waals surface area (Å²) in [5.74, 6) is 0. The summed E-state index contributed by atoms with van der Waals surface area (Å²) in [4.78, 5) is 4.20. The molecule has 3 aromatic rings. The zero-order valence-electron chi connectivity index (χ0n) is 13.6. The van der Waals surface area contributed by atoms with Crippen molar-refractivity contribution in [1.82, 2.24) is 14.8 Å². The highest BCUT2D eigenvalue weighted by Gasteiger charge is 2.15. The van der Waals surface area contributed by atoms with Crippen LogP contribution in [0.3, 0.4) is 0 Å². The van der Waals surface area contributed by atoms with Gasteiger partial charge in [-0.1, -0.05) is 24.3 Å². The SMILES string of the molecule is c1cncc(-c2cccc(-c3ccn(C[C@@H]4CCCCO4)n3)c2)c1. The molecule has 0 N–H and O–H groups in total. The minimum Gasteiger partial charge on any atom is -0.376 e. The average Bonchev–Trinajstić information content (AvgIpc) is 3.12. The third-order valence-corrected chi connectivity index (χ3v) is 4.46. The largest absolute Gasteiger partial charge is 0.376 e. The van der Waals surface area contributed by atoms with Crippen LogP contribution in [-0.2, 0) is 11.3 Å².